The first-order valence-electron chi connectivity index (χ1n) is 6.35. The number of hydrogen-bond donors (Lipinski definition) is 1. The zero-order chi connectivity index (χ0) is 13.1. The third-order valence-corrected chi connectivity index (χ3v) is 3.91. The van der Waals surface area contributed by atoms with Crippen LogP contribution in [0, 0.1) is 20.8 Å². The number of thiazole rings is 1. The lowest BCUT2D eigenvalue weighted by Crippen LogP contribution is -2.11. The summed E-state index contributed by atoms with van der Waals surface area (Å²) in [6.07, 6.45) is 0. The summed E-state index contributed by atoms with van der Waals surface area (Å²) in [4.78, 5) is 4.73. The van der Waals surface area contributed by atoms with Gasteiger partial charge in [0.15, 0.2) is 0 Å². The van der Waals surface area contributed by atoms with Crippen LogP contribution >= 0.6 is 11.3 Å². The Morgan fingerprint density at radius 2 is 1.83 bits per heavy atom. The Labute approximate surface area is 113 Å². The van der Waals surface area contributed by atoms with E-state index in [4.69, 9.17) is 4.98 Å². The normalized spacial score (nSPS) is 10.9. The molecule has 1 N–H and O–H groups in total. The van der Waals surface area contributed by atoms with Crippen LogP contribution in [0.5, 0.6) is 0 Å². The zero-order valence-corrected chi connectivity index (χ0v) is 12.3. The fourth-order valence-electron chi connectivity index (χ4n) is 2.27. The van der Waals surface area contributed by atoms with Crippen LogP contribution < -0.4 is 5.32 Å². The maximum atomic E-state index is 4.73. The SMILES string of the molecule is CCNCc1csc(-c2c(C)cc(C)cc2C)n1. The molecule has 1 aromatic heterocycles. The Morgan fingerprint density at radius 1 is 1.17 bits per heavy atom. The Hall–Kier alpha value is -1.19. The Bertz CT molecular complexity index is 520. The van der Waals surface area contributed by atoms with Crippen molar-refractivity contribution in [3.63, 3.8) is 0 Å². The number of hydrogen-bond acceptors (Lipinski definition) is 3. The van der Waals surface area contributed by atoms with Crippen molar-refractivity contribution in [3.8, 4) is 10.6 Å². The first-order chi connectivity index (χ1) is 8.61. The molecule has 0 amide bonds. The monoisotopic (exact) mass is 260 g/mol. The first-order valence-corrected chi connectivity index (χ1v) is 7.23. The molecule has 0 saturated carbocycles. The van der Waals surface area contributed by atoms with Gasteiger partial charge in [-0.25, -0.2) is 4.98 Å². The molecule has 0 spiro atoms. The molecule has 18 heavy (non-hydrogen) atoms. The fourth-order valence-corrected chi connectivity index (χ4v) is 3.27. The van der Waals surface area contributed by atoms with Crippen molar-refractivity contribution in [1.82, 2.24) is 10.3 Å². The molecule has 2 rings (SSSR count). The van der Waals surface area contributed by atoms with E-state index in [1.165, 1.54) is 22.3 Å². The Morgan fingerprint density at radius 3 is 2.44 bits per heavy atom. The second-order valence-corrected chi connectivity index (χ2v) is 5.56. The lowest BCUT2D eigenvalue weighted by atomic mass is 10.0. The molecule has 0 fully saturated rings. The predicted molar refractivity (Wildman–Crippen MR) is 79.1 cm³/mol. The Kier molecular flexibility index (Phi) is 4.15. The summed E-state index contributed by atoms with van der Waals surface area (Å²) in [5, 5.41) is 6.60. The molecule has 3 heteroatoms. The number of nitrogens with one attached hydrogen (secondary N) is 1. The van der Waals surface area contributed by atoms with Gasteiger partial charge in [0.1, 0.15) is 5.01 Å². The van der Waals surface area contributed by atoms with E-state index in [9.17, 15) is 0 Å². The van der Waals surface area contributed by atoms with Gasteiger partial charge in [-0.2, -0.15) is 0 Å². The maximum Gasteiger partial charge on any atom is 0.124 e. The van der Waals surface area contributed by atoms with Crippen molar-refractivity contribution < 1.29 is 0 Å². The summed E-state index contributed by atoms with van der Waals surface area (Å²) in [6.45, 7) is 10.4. The lowest BCUT2D eigenvalue weighted by Gasteiger charge is -2.08. The molecule has 0 aliphatic carbocycles. The van der Waals surface area contributed by atoms with Crippen LogP contribution in [0.1, 0.15) is 29.3 Å². The summed E-state index contributed by atoms with van der Waals surface area (Å²) in [7, 11) is 0. The summed E-state index contributed by atoms with van der Waals surface area (Å²) < 4.78 is 0. The quantitative estimate of drug-likeness (QED) is 0.903. The molecular weight excluding hydrogens is 240 g/mol. The molecule has 0 aliphatic rings. The van der Waals surface area contributed by atoms with E-state index in [0.29, 0.717) is 0 Å². The molecular formula is C15H20N2S. The van der Waals surface area contributed by atoms with Crippen LogP contribution in [0.2, 0.25) is 0 Å². The molecule has 0 saturated heterocycles. The molecule has 0 aliphatic heterocycles. The average molecular weight is 260 g/mol. The molecule has 1 aromatic carbocycles. The van der Waals surface area contributed by atoms with Crippen molar-refractivity contribution in [1.29, 1.82) is 0 Å². The highest BCUT2D eigenvalue weighted by molar-refractivity contribution is 7.13. The summed E-state index contributed by atoms with van der Waals surface area (Å²) >= 11 is 1.74. The van der Waals surface area contributed by atoms with Gasteiger partial charge >= 0.3 is 0 Å². The third kappa shape index (κ3) is 2.79. The van der Waals surface area contributed by atoms with E-state index in [0.717, 1.165) is 23.8 Å². The highest BCUT2D eigenvalue weighted by Gasteiger charge is 2.10. The van der Waals surface area contributed by atoms with Crippen LogP contribution in [0.3, 0.4) is 0 Å². The molecule has 2 nitrogen and oxygen atoms in total. The molecule has 0 bridgehead atoms. The Balaban J connectivity index is 2.34. The maximum absolute atomic E-state index is 4.73. The zero-order valence-electron chi connectivity index (χ0n) is 11.5. The van der Waals surface area contributed by atoms with Gasteiger partial charge in [-0.3, -0.25) is 0 Å². The second-order valence-electron chi connectivity index (χ2n) is 4.70. The van der Waals surface area contributed by atoms with E-state index in [1.807, 2.05) is 0 Å². The largest absolute Gasteiger partial charge is 0.311 e. The number of aromatic nitrogens is 1. The molecule has 0 unspecified atom stereocenters. The van der Waals surface area contributed by atoms with Crippen molar-refractivity contribution in [2.45, 2.75) is 34.2 Å². The smallest absolute Gasteiger partial charge is 0.124 e. The number of rotatable bonds is 4. The van der Waals surface area contributed by atoms with Crippen molar-refractivity contribution in [2.24, 2.45) is 0 Å². The van der Waals surface area contributed by atoms with Crippen LogP contribution in [-0.2, 0) is 6.54 Å². The van der Waals surface area contributed by atoms with E-state index in [-0.39, 0.29) is 0 Å². The molecule has 0 radical (unpaired) electrons. The number of nitrogens with zero attached hydrogens (tertiary/aromatic N) is 1. The van der Waals surface area contributed by atoms with E-state index < -0.39 is 0 Å². The highest BCUT2D eigenvalue weighted by Crippen LogP contribution is 2.30. The topological polar surface area (TPSA) is 24.9 Å². The molecule has 1 heterocycles. The minimum Gasteiger partial charge on any atom is -0.311 e. The third-order valence-electron chi connectivity index (χ3n) is 3.00. The molecule has 0 atom stereocenters. The van der Waals surface area contributed by atoms with Crippen LogP contribution in [0.25, 0.3) is 10.6 Å². The van der Waals surface area contributed by atoms with Gasteiger partial charge in [0.25, 0.3) is 0 Å². The van der Waals surface area contributed by atoms with Gasteiger partial charge in [0, 0.05) is 17.5 Å². The van der Waals surface area contributed by atoms with Gasteiger partial charge < -0.3 is 5.32 Å². The van der Waals surface area contributed by atoms with Crippen LogP contribution in [0.15, 0.2) is 17.5 Å². The van der Waals surface area contributed by atoms with Crippen molar-refractivity contribution in [3.05, 3.63) is 39.9 Å². The highest BCUT2D eigenvalue weighted by atomic mass is 32.1. The average Bonchev–Trinajstić information content (AvgIpc) is 2.73. The van der Waals surface area contributed by atoms with Gasteiger partial charge in [-0.05, 0) is 38.4 Å². The van der Waals surface area contributed by atoms with Crippen molar-refractivity contribution >= 4 is 11.3 Å². The fraction of sp³-hybridized carbons (Fsp3) is 0.400. The minimum atomic E-state index is 0.858. The summed E-state index contributed by atoms with van der Waals surface area (Å²) in [5.41, 5.74) is 6.39. The van der Waals surface area contributed by atoms with Gasteiger partial charge in [-0.15, -0.1) is 11.3 Å². The second kappa shape index (κ2) is 5.63. The number of benzene rings is 1. The first kappa shape index (κ1) is 13.2. The van der Waals surface area contributed by atoms with E-state index in [2.05, 4.69) is 50.5 Å². The van der Waals surface area contributed by atoms with E-state index in [1.54, 1.807) is 11.3 Å². The van der Waals surface area contributed by atoms with Crippen LogP contribution in [-0.4, -0.2) is 11.5 Å². The summed E-state index contributed by atoms with van der Waals surface area (Å²) in [5.74, 6) is 0. The van der Waals surface area contributed by atoms with Crippen LogP contribution in [0.4, 0.5) is 0 Å². The lowest BCUT2D eigenvalue weighted by molar-refractivity contribution is 0.715. The number of aryl methyl sites for hydroxylation is 3. The summed E-state index contributed by atoms with van der Waals surface area (Å²) in [6, 6.07) is 4.46. The van der Waals surface area contributed by atoms with Crippen molar-refractivity contribution in [2.75, 3.05) is 6.54 Å². The molecule has 96 valence electrons. The van der Waals surface area contributed by atoms with Gasteiger partial charge in [0.2, 0.25) is 0 Å². The predicted octanol–water partition coefficient (Wildman–Crippen LogP) is 3.84. The van der Waals surface area contributed by atoms with E-state index >= 15 is 0 Å². The van der Waals surface area contributed by atoms with Gasteiger partial charge in [0.05, 0.1) is 5.69 Å². The van der Waals surface area contributed by atoms with Gasteiger partial charge in [-0.1, -0.05) is 24.6 Å². The standard InChI is InChI=1S/C15H20N2S/c1-5-16-8-13-9-18-15(17-13)14-11(3)6-10(2)7-12(14)4/h6-7,9,16H,5,8H2,1-4H3. The molecule has 2 aromatic rings. The minimum absolute atomic E-state index is 0.858.